The first-order valence-corrected chi connectivity index (χ1v) is 6.58. The minimum absolute atomic E-state index is 0.0625. The summed E-state index contributed by atoms with van der Waals surface area (Å²) in [6, 6.07) is 2.53. The zero-order valence-electron chi connectivity index (χ0n) is 10.8. The summed E-state index contributed by atoms with van der Waals surface area (Å²) in [4.78, 5) is 0. The minimum atomic E-state index is 0.0625. The third-order valence-electron chi connectivity index (χ3n) is 4.02. The van der Waals surface area contributed by atoms with E-state index >= 15 is 0 Å². The van der Waals surface area contributed by atoms with Crippen LogP contribution in [0.25, 0.3) is 0 Å². The maximum Gasteiger partial charge on any atom is 0.124 e. The molecule has 1 aromatic rings. The van der Waals surface area contributed by atoms with E-state index < -0.39 is 0 Å². The lowest BCUT2D eigenvalue weighted by Gasteiger charge is -2.31. The van der Waals surface area contributed by atoms with Gasteiger partial charge in [0.15, 0.2) is 0 Å². The van der Waals surface area contributed by atoms with E-state index in [0.29, 0.717) is 6.04 Å². The van der Waals surface area contributed by atoms with Crippen LogP contribution in [0.1, 0.15) is 12.5 Å². The van der Waals surface area contributed by atoms with Gasteiger partial charge in [0.1, 0.15) is 5.82 Å². The van der Waals surface area contributed by atoms with E-state index in [2.05, 4.69) is 25.7 Å². The van der Waals surface area contributed by atoms with E-state index in [9.17, 15) is 0 Å². The molecule has 3 N–H and O–H groups in total. The van der Waals surface area contributed by atoms with Crippen LogP contribution in [0.4, 0.5) is 5.82 Å². The molecule has 2 aliphatic rings. The molecule has 0 aromatic carbocycles. The number of nitrogens with zero attached hydrogens (tertiary/aromatic N) is 2. The van der Waals surface area contributed by atoms with Crippen molar-refractivity contribution in [2.75, 3.05) is 45.2 Å². The van der Waals surface area contributed by atoms with Crippen LogP contribution in [0, 0.1) is 0 Å². The van der Waals surface area contributed by atoms with Crippen LogP contribution in [0.3, 0.4) is 0 Å². The standard InChI is InChI=1S/C12H21N5O/c1-13-12(3-5-18-9-12)8-15-11-2-4-16-17(11)10-6-14-7-10/h2,4,10,13-15H,3,5-9H2,1H3. The van der Waals surface area contributed by atoms with Gasteiger partial charge in [-0.1, -0.05) is 0 Å². The molecule has 0 amide bonds. The number of rotatable bonds is 5. The smallest absolute Gasteiger partial charge is 0.124 e. The monoisotopic (exact) mass is 251 g/mol. The lowest BCUT2D eigenvalue weighted by Crippen LogP contribution is -2.50. The Hall–Kier alpha value is -1.11. The topological polar surface area (TPSA) is 63.1 Å². The average Bonchev–Trinajstić information content (AvgIpc) is 2.94. The highest BCUT2D eigenvalue weighted by Gasteiger charge is 2.33. The Labute approximate surface area is 107 Å². The summed E-state index contributed by atoms with van der Waals surface area (Å²) in [6.45, 7) is 4.51. The van der Waals surface area contributed by atoms with Crippen molar-refractivity contribution in [1.82, 2.24) is 20.4 Å². The minimum Gasteiger partial charge on any atom is -0.379 e. The van der Waals surface area contributed by atoms with E-state index in [0.717, 1.165) is 45.1 Å². The van der Waals surface area contributed by atoms with Gasteiger partial charge in [-0.3, -0.25) is 0 Å². The zero-order chi connectivity index (χ0) is 12.4. The summed E-state index contributed by atoms with van der Waals surface area (Å²) >= 11 is 0. The molecule has 6 nitrogen and oxygen atoms in total. The van der Waals surface area contributed by atoms with Gasteiger partial charge in [0.05, 0.1) is 24.4 Å². The van der Waals surface area contributed by atoms with Crippen molar-refractivity contribution < 1.29 is 4.74 Å². The van der Waals surface area contributed by atoms with Gasteiger partial charge < -0.3 is 20.7 Å². The third kappa shape index (κ3) is 2.11. The number of likely N-dealkylation sites (N-methyl/N-ethyl adjacent to an activating group) is 1. The van der Waals surface area contributed by atoms with Crippen LogP contribution in [-0.2, 0) is 4.74 Å². The van der Waals surface area contributed by atoms with Gasteiger partial charge in [-0.05, 0) is 13.5 Å². The van der Waals surface area contributed by atoms with Gasteiger partial charge in [-0.2, -0.15) is 5.10 Å². The average molecular weight is 251 g/mol. The summed E-state index contributed by atoms with van der Waals surface area (Å²) in [6.07, 6.45) is 2.91. The van der Waals surface area contributed by atoms with E-state index in [1.165, 1.54) is 0 Å². The lowest BCUT2D eigenvalue weighted by molar-refractivity contribution is 0.172. The van der Waals surface area contributed by atoms with E-state index in [-0.39, 0.29) is 5.54 Å². The summed E-state index contributed by atoms with van der Waals surface area (Å²) in [5.74, 6) is 1.10. The van der Waals surface area contributed by atoms with E-state index in [1.807, 2.05) is 19.3 Å². The SMILES string of the molecule is CNC1(CNc2ccnn2C2CNC2)CCOC1. The number of anilines is 1. The molecule has 2 saturated heterocycles. The summed E-state index contributed by atoms with van der Waals surface area (Å²) in [5, 5.41) is 14.6. The molecule has 0 saturated carbocycles. The first kappa shape index (κ1) is 12.0. The van der Waals surface area contributed by atoms with Gasteiger partial charge in [0.2, 0.25) is 0 Å². The normalized spacial score (nSPS) is 28.3. The van der Waals surface area contributed by atoms with Crippen LogP contribution in [-0.4, -0.2) is 55.2 Å². The van der Waals surface area contributed by atoms with E-state index in [4.69, 9.17) is 4.74 Å². The van der Waals surface area contributed by atoms with Crippen LogP contribution in [0.15, 0.2) is 12.3 Å². The Morgan fingerprint density at radius 2 is 2.50 bits per heavy atom. The molecule has 0 bridgehead atoms. The second-order valence-corrected chi connectivity index (χ2v) is 5.16. The molecule has 6 heteroatoms. The number of aromatic nitrogens is 2. The van der Waals surface area contributed by atoms with Crippen molar-refractivity contribution in [2.24, 2.45) is 0 Å². The van der Waals surface area contributed by atoms with Crippen LogP contribution >= 0.6 is 0 Å². The second kappa shape index (κ2) is 4.87. The molecule has 2 fully saturated rings. The number of ether oxygens (including phenoxy) is 1. The van der Waals surface area contributed by atoms with Crippen LogP contribution in [0.2, 0.25) is 0 Å². The Bertz CT molecular complexity index is 395. The predicted molar refractivity (Wildman–Crippen MR) is 69.9 cm³/mol. The van der Waals surface area contributed by atoms with Crippen LogP contribution in [0.5, 0.6) is 0 Å². The Morgan fingerprint density at radius 1 is 1.61 bits per heavy atom. The molecule has 2 aliphatic heterocycles. The number of hydrogen-bond donors (Lipinski definition) is 3. The summed E-state index contributed by atoms with van der Waals surface area (Å²) < 4.78 is 7.58. The fraction of sp³-hybridized carbons (Fsp3) is 0.750. The van der Waals surface area contributed by atoms with Crippen molar-refractivity contribution in [1.29, 1.82) is 0 Å². The highest BCUT2D eigenvalue weighted by molar-refractivity contribution is 5.35. The highest BCUT2D eigenvalue weighted by Crippen LogP contribution is 2.21. The van der Waals surface area contributed by atoms with Crippen molar-refractivity contribution >= 4 is 5.82 Å². The molecule has 100 valence electrons. The quantitative estimate of drug-likeness (QED) is 0.677. The Morgan fingerprint density at radius 3 is 3.11 bits per heavy atom. The molecule has 3 heterocycles. The van der Waals surface area contributed by atoms with Crippen molar-refractivity contribution in [3.05, 3.63) is 12.3 Å². The van der Waals surface area contributed by atoms with Gasteiger partial charge in [0, 0.05) is 32.3 Å². The van der Waals surface area contributed by atoms with Gasteiger partial charge in [-0.15, -0.1) is 0 Å². The fourth-order valence-electron chi connectivity index (χ4n) is 2.48. The molecule has 3 rings (SSSR count). The largest absolute Gasteiger partial charge is 0.379 e. The molecular weight excluding hydrogens is 230 g/mol. The number of hydrogen-bond acceptors (Lipinski definition) is 5. The second-order valence-electron chi connectivity index (χ2n) is 5.16. The Kier molecular flexibility index (Phi) is 3.23. The van der Waals surface area contributed by atoms with Crippen LogP contribution < -0.4 is 16.0 Å². The molecule has 1 aromatic heterocycles. The predicted octanol–water partition coefficient (Wildman–Crippen LogP) is -0.182. The molecule has 1 atom stereocenters. The Balaban J connectivity index is 1.64. The fourth-order valence-corrected chi connectivity index (χ4v) is 2.48. The third-order valence-corrected chi connectivity index (χ3v) is 4.02. The summed E-state index contributed by atoms with van der Waals surface area (Å²) in [7, 11) is 2.00. The number of nitrogens with one attached hydrogen (secondary N) is 3. The molecule has 18 heavy (non-hydrogen) atoms. The van der Waals surface area contributed by atoms with Crippen molar-refractivity contribution in [2.45, 2.75) is 18.0 Å². The van der Waals surface area contributed by atoms with Gasteiger partial charge >= 0.3 is 0 Å². The first-order chi connectivity index (χ1) is 8.83. The van der Waals surface area contributed by atoms with Crippen molar-refractivity contribution in [3.63, 3.8) is 0 Å². The molecule has 1 unspecified atom stereocenters. The first-order valence-electron chi connectivity index (χ1n) is 6.58. The molecule has 0 spiro atoms. The van der Waals surface area contributed by atoms with Gasteiger partial charge in [-0.25, -0.2) is 4.68 Å². The highest BCUT2D eigenvalue weighted by atomic mass is 16.5. The molecule has 0 radical (unpaired) electrons. The lowest BCUT2D eigenvalue weighted by atomic mass is 9.99. The maximum atomic E-state index is 5.50. The van der Waals surface area contributed by atoms with E-state index in [1.54, 1.807) is 0 Å². The molecular formula is C12H21N5O. The zero-order valence-corrected chi connectivity index (χ0v) is 10.8. The summed E-state index contributed by atoms with van der Waals surface area (Å²) in [5.41, 5.74) is 0.0625. The van der Waals surface area contributed by atoms with Gasteiger partial charge in [0.25, 0.3) is 0 Å². The maximum absolute atomic E-state index is 5.50. The van der Waals surface area contributed by atoms with Crippen molar-refractivity contribution in [3.8, 4) is 0 Å². The molecule has 0 aliphatic carbocycles.